The molecule has 0 radical (unpaired) electrons. The van der Waals surface area contributed by atoms with E-state index in [4.69, 9.17) is 11.6 Å². The number of halogens is 1. The molecule has 0 unspecified atom stereocenters. The van der Waals surface area contributed by atoms with E-state index in [1.54, 1.807) is 10.9 Å². The molecule has 1 heterocycles. The fourth-order valence-corrected chi connectivity index (χ4v) is 2.09. The summed E-state index contributed by atoms with van der Waals surface area (Å²) in [6, 6.07) is 7.57. The molecule has 1 aromatic carbocycles. The summed E-state index contributed by atoms with van der Waals surface area (Å²) in [7, 11) is 0. The van der Waals surface area contributed by atoms with Gasteiger partial charge in [0.1, 0.15) is 0 Å². The van der Waals surface area contributed by atoms with Gasteiger partial charge in [0, 0.05) is 17.0 Å². The highest BCUT2D eigenvalue weighted by Crippen LogP contribution is 2.15. The molecule has 2 aromatic rings. The molecule has 0 saturated heterocycles. The second-order valence-electron chi connectivity index (χ2n) is 3.53. The van der Waals surface area contributed by atoms with Crippen LogP contribution in [0.5, 0.6) is 0 Å². The molecular weight excluding hydrogens is 268 g/mol. The minimum atomic E-state index is 0.679. The highest BCUT2D eigenvalue weighted by molar-refractivity contribution is 7.98. The third-order valence-corrected chi connectivity index (χ3v) is 3.36. The first-order valence-corrected chi connectivity index (χ1v) is 7.13. The van der Waals surface area contributed by atoms with Crippen molar-refractivity contribution in [1.29, 1.82) is 0 Å². The molecule has 0 bridgehead atoms. The molecular formula is C12H13ClN4S. The van der Waals surface area contributed by atoms with Crippen LogP contribution in [-0.4, -0.2) is 27.3 Å². The first-order valence-electron chi connectivity index (χ1n) is 5.53. The van der Waals surface area contributed by atoms with Crippen LogP contribution in [0.2, 0.25) is 5.02 Å². The van der Waals surface area contributed by atoms with E-state index in [1.165, 1.54) is 11.8 Å². The summed E-state index contributed by atoms with van der Waals surface area (Å²) in [4.78, 5) is 0. The van der Waals surface area contributed by atoms with E-state index in [2.05, 4.69) is 15.3 Å². The number of benzene rings is 1. The second-order valence-corrected chi connectivity index (χ2v) is 4.71. The summed E-state index contributed by atoms with van der Waals surface area (Å²) in [5.74, 6) is 0.836. The molecule has 0 atom stereocenters. The van der Waals surface area contributed by atoms with Crippen molar-refractivity contribution in [2.45, 2.75) is 18.5 Å². The summed E-state index contributed by atoms with van der Waals surface area (Å²) < 4.78 is 1.74. The second kappa shape index (κ2) is 6.02. The van der Waals surface area contributed by atoms with Crippen LogP contribution in [0.25, 0.3) is 0 Å². The van der Waals surface area contributed by atoms with E-state index in [0.717, 1.165) is 23.0 Å². The molecule has 18 heavy (non-hydrogen) atoms. The van der Waals surface area contributed by atoms with Gasteiger partial charge >= 0.3 is 0 Å². The van der Waals surface area contributed by atoms with Crippen LogP contribution in [-0.2, 0) is 6.42 Å². The quantitative estimate of drug-likeness (QED) is 0.638. The smallest absolute Gasteiger partial charge is 0.192 e. The van der Waals surface area contributed by atoms with Crippen molar-refractivity contribution in [3.05, 3.63) is 40.7 Å². The lowest BCUT2D eigenvalue weighted by Crippen LogP contribution is -1.98. The highest BCUT2D eigenvalue weighted by Gasteiger charge is 2.08. The van der Waals surface area contributed by atoms with Gasteiger partial charge in [0.15, 0.2) is 5.82 Å². The van der Waals surface area contributed by atoms with Gasteiger partial charge < -0.3 is 0 Å². The number of hydrogen-bond donors (Lipinski definition) is 0. The van der Waals surface area contributed by atoms with E-state index in [0.29, 0.717) is 5.02 Å². The van der Waals surface area contributed by atoms with Crippen molar-refractivity contribution >= 4 is 29.6 Å². The van der Waals surface area contributed by atoms with Crippen molar-refractivity contribution in [3.8, 4) is 0 Å². The van der Waals surface area contributed by atoms with E-state index >= 15 is 0 Å². The lowest BCUT2D eigenvalue weighted by Gasteiger charge is -2.01. The number of thioether (sulfide) groups is 1. The van der Waals surface area contributed by atoms with Crippen LogP contribution in [0, 0.1) is 0 Å². The van der Waals surface area contributed by atoms with Gasteiger partial charge in [-0.25, -0.2) is 0 Å². The predicted octanol–water partition coefficient (Wildman–Crippen LogP) is 3.10. The largest absolute Gasteiger partial charge is 0.211 e. The third kappa shape index (κ3) is 2.73. The highest BCUT2D eigenvalue weighted by atomic mass is 35.5. The van der Waals surface area contributed by atoms with Crippen LogP contribution in [0.3, 0.4) is 0 Å². The maximum absolute atomic E-state index is 6.07. The Balaban J connectivity index is 2.34. The lowest BCUT2D eigenvalue weighted by atomic mass is 10.2. The van der Waals surface area contributed by atoms with Crippen molar-refractivity contribution in [1.82, 2.24) is 14.9 Å². The maximum atomic E-state index is 6.07. The van der Waals surface area contributed by atoms with Gasteiger partial charge in [-0.2, -0.15) is 9.78 Å². The van der Waals surface area contributed by atoms with E-state index < -0.39 is 0 Å². The van der Waals surface area contributed by atoms with Crippen molar-refractivity contribution in [3.63, 3.8) is 0 Å². The Labute approximate surface area is 115 Å². The zero-order valence-electron chi connectivity index (χ0n) is 10.2. The molecule has 0 fully saturated rings. The Bertz CT molecular complexity index is 543. The molecule has 0 spiro atoms. The van der Waals surface area contributed by atoms with Crippen LogP contribution < -0.4 is 0 Å². The summed E-state index contributed by atoms with van der Waals surface area (Å²) in [5, 5.41) is 14.0. The lowest BCUT2D eigenvalue weighted by molar-refractivity contribution is 0.723. The van der Waals surface area contributed by atoms with Gasteiger partial charge in [0.25, 0.3) is 0 Å². The van der Waals surface area contributed by atoms with Crippen LogP contribution in [0.1, 0.15) is 18.3 Å². The first kappa shape index (κ1) is 13.1. The number of aromatic nitrogens is 3. The summed E-state index contributed by atoms with van der Waals surface area (Å²) in [6.07, 6.45) is 4.46. The minimum absolute atomic E-state index is 0.679. The van der Waals surface area contributed by atoms with Crippen LogP contribution in [0.15, 0.2) is 34.5 Å². The molecule has 2 rings (SSSR count). The van der Waals surface area contributed by atoms with E-state index in [9.17, 15) is 0 Å². The van der Waals surface area contributed by atoms with Crippen molar-refractivity contribution < 1.29 is 0 Å². The monoisotopic (exact) mass is 280 g/mol. The van der Waals surface area contributed by atoms with Gasteiger partial charge in [0.05, 0.1) is 6.21 Å². The summed E-state index contributed by atoms with van der Waals surface area (Å²) >= 11 is 7.59. The zero-order valence-corrected chi connectivity index (χ0v) is 11.7. The fourth-order valence-electron chi connectivity index (χ4n) is 1.46. The zero-order chi connectivity index (χ0) is 13.0. The van der Waals surface area contributed by atoms with Gasteiger partial charge in [0.2, 0.25) is 5.16 Å². The Kier molecular flexibility index (Phi) is 4.38. The molecule has 0 saturated carbocycles. The minimum Gasteiger partial charge on any atom is -0.192 e. The third-order valence-electron chi connectivity index (χ3n) is 2.39. The number of aryl methyl sites for hydroxylation is 1. The van der Waals surface area contributed by atoms with E-state index in [-0.39, 0.29) is 0 Å². The van der Waals surface area contributed by atoms with E-state index in [1.807, 2.05) is 37.4 Å². The Hall–Kier alpha value is -1.33. The molecule has 4 nitrogen and oxygen atoms in total. The molecule has 0 aliphatic rings. The predicted molar refractivity (Wildman–Crippen MR) is 75.6 cm³/mol. The SMILES string of the molecule is CCc1nnc(SC)n1/N=C\c1ccccc1Cl. The Morgan fingerprint density at radius 2 is 2.17 bits per heavy atom. The first-order chi connectivity index (χ1) is 8.76. The normalized spacial score (nSPS) is 11.3. The summed E-state index contributed by atoms with van der Waals surface area (Å²) in [6.45, 7) is 2.02. The van der Waals surface area contributed by atoms with Crippen molar-refractivity contribution in [2.75, 3.05) is 6.26 Å². The fraction of sp³-hybridized carbons (Fsp3) is 0.250. The van der Waals surface area contributed by atoms with Gasteiger partial charge in [-0.1, -0.05) is 48.5 Å². The van der Waals surface area contributed by atoms with Gasteiger partial charge in [-0.05, 0) is 12.3 Å². The Morgan fingerprint density at radius 1 is 1.39 bits per heavy atom. The van der Waals surface area contributed by atoms with Crippen LogP contribution >= 0.6 is 23.4 Å². The molecule has 0 aliphatic heterocycles. The summed E-state index contributed by atoms with van der Waals surface area (Å²) in [5.41, 5.74) is 0.877. The van der Waals surface area contributed by atoms with Crippen LogP contribution in [0.4, 0.5) is 0 Å². The molecule has 1 aromatic heterocycles. The topological polar surface area (TPSA) is 43.1 Å². The average molecular weight is 281 g/mol. The maximum Gasteiger partial charge on any atom is 0.211 e. The standard InChI is InChI=1S/C12H13ClN4S/c1-3-11-15-16-12(18-2)17(11)14-8-9-6-4-5-7-10(9)13/h4-8H,3H2,1-2H3/b14-8-. The number of rotatable bonds is 4. The molecule has 0 N–H and O–H groups in total. The number of nitrogens with zero attached hydrogens (tertiary/aromatic N) is 4. The van der Waals surface area contributed by atoms with Crippen molar-refractivity contribution in [2.24, 2.45) is 5.10 Å². The number of hydrogen-bond acceptors (Lipinski definition) is 4. The average Bonchev–Trinajstić information content (AvgIpc) is 2.80. The molecule has 6 heteroatoms. The molecule has 0 aliphatic carbocycles. The Morgan fingerprint density at radius 3 is 2.83 bits per heavy atom. The van der Waals surface area contributed by atoms with Gasteiger partial charge in [-0.3, -0.25) is 0 Å². The molecule has 94 valence electrons. The van der Waals surface area contributed by atoms with Gasteiger partial charge in [-0.15, -0.1) is 10.2 Å². The molecule has 0 amide bonds.